The lowest BCUT2D eigenvalue weighted by atomic mass is 10.1. The van der Waals surface area contributed by atoms with Crippen LogP contribution in [0.3, 0.4) is 0 Å². The van der Waals surface area contributed by atoms with E-state index in [1.807, 2.05) is 24.3 Å². The molecule has 3 rings (SSSR count). The Kier molecular flexibility index (Phi) is 5.34. The molecular weight excluding hydrogens is 457 g/mol. The first-order chi connectivity index (χ1) is 12.0. The van der Waals surface area contributed by atoms with Crippen molar-refractivity contribution in [1.29, 1.82) is 0 Å². The highest BCUT2D eigenvalue weighted by atomic mass is 127. The third-order valence-corrected chi connectivity index (χ3v) is 4.33. The number of furan rings is 1. The summed E-state index contributed by atoms with van der Waals surface area (Å²) < 4.78 is 6.78. The van der Waals surface area contributed by atoms with Gasteiger partial charge in [0.05, 0.1) is 21.8 Å². The van der Waals surface area contributed by atoms with Crippen molar-refractivity contribution in [3.05, 3.63) is 79.1 Å². The lowest BCUT2D eigenvalue weighted by Crippen LogP contribution is -1.89. The van der Waals surface area contributed by atoms with E-state index in [0.29, 0.717) is 22.1 Å². The Morgan fingerprint density at radius 2 is 1.92 bits per heavy atom. The van der Waals surface area contributed by atoms with Crippen molar-refractivity contribution >= 4 is 51.8 Å². The molecule has 1 heterocycles. The maximum atomic E-state index is 10.9. The Labute approximate surface area is 161 Å². The van der Waals surface area contributed by atoms with E-state index >= 15 is 0 Å². The molecule has 0 spiro atoms. The van der Waals surface area contributed by atoms with Crippen LogP contribution in [0, 0.1) is 13.7 Å². The van der Waals surface area contributed by atoms with Crippen molar-refractivity contribution < 1.29 is 9.34 Å². The molecule has 0 aliphatic heterocycles. The minimum Gasteiger partial charge on any atom is -0.455 e. The zero-order valence-corrected chi connectivity index (χ0v) is 15.6. The first-order valence-electron chi connectivity index (χ1n) is 7.12. The number of hydrogen-bond donors (Lipinski definition) is 1. The second-order valence-electron chi connectivity index (χ2n) is 5.00. The zero-order chi connectivity index (χ0) is 17.8. The molecular formula is C17H11ClIN3O3. The number of non-ortho nitro benzene ring substituents is 1. The Bertz CT molecular complexity index is 939. The normalized spacial score (nSPS) is 11.0. The largest absolute Gasteiger partial charge is 0.455 e. The average molecular weight is 468 g/mol. The Balaban J connectivity index is 1.76. The van der Waals surface area contributed by atoms with Crippen LogP contribution in [0.4, 0.5) is 11.4 Å². The van der Waals surface area contributed by atoms with E-state index in [1.165, 1.54) is 24.4 Å². The van der Waals surface area contributed by atoms with Gasteiger partial charge in [0.25, 0.3) is 5.69 Å². The molecule has 0 amide bonds. The Hall–Kier alpha value is -2.39. The quantitative estimate of drug-likeness (QED) is 0.231. The number of nitro groups is 1. The van der Waals surface area contributed by atoms with Gasteiger partial charge in [0.1, 0.15) is 11.5 Å². The lowest BCUT2D eigenvalue weighted by molar-refractivity contribution is -0.384. The summed E-state index contributed by atoms with van der Waals surface area (Å²) in [5, 5.41) is 15.4. The Morgan fingerprint density at radius 3 is 2.64 bits per heavy atom. The van der Waals surface area contributed by atoms with Crippen molar-refractivity contribution in [2.24, 2.45) is 5.10 Å². The predicted molar refractivity (Wildman–Crippen MR) is 106 cm³/mol. The number of hydrazone groups is 1. The first kappa shape index (κ1) is 17.4. The van der Waals surface area contributed by atoms with Crippen molar-refractivity contribution in [3.8, 4) is 11.3 Å². The van der Waals surface area contributed by atoms with E-state index < -0.39 is 4.92 Å². The van der Waals surface area contributed by atoms with Gasteiger partial charge in [-0.3, -0.25) is 15.5 Å². The molecule has 0 radical (unpaired) electrons. The molecule has 3 aromatic rings. The van der Waals surface area contributed by atoms with E-state index in [1.54, 1.807) is 12.1 Å². The molecule has 0 atom stereocenters. The van der Waals surface area contributed by atoms with Gasteiger partial charge in [0, 0.05) is 21.3 Å². The summed E-state index contributed by atoms with van der Waals surface area (Å²) in [7, 11) is 0. The van der Waals surface area contributed by atoms with Gasteiger partial charge in [0.2, 0.25) is 0 Å². The number of nitrogens with one attached hydrogen (secondary N) is 1. The number of nitro benzene ring substituents is 1. The lowest BCUT2D eigenvalue weighted by Gasteiger charge is -2.01. The maximum Gasteiger partial charge on any atom is 0.270 e. The van der Waals surface area contributed by atoms with Gasteiger partial charge < -0.3 is 4.42 Å². The second kappa shape index (κ2) is 7.66. The second-order valence-corrected chi connectivity index (χ2v) is 6.65. The number of halogens is 2. The molecule has 0 saturated carbocycles. The molecule has 2 aromatic carbocycles. The van der Waals surface area contributed by atoms with Crippen LogP contribution in [-0.2, 0) is 0 Å². The number of nitrogens with zero attached hydrogens (tertiary/aromatic N) is 2. The van der Waals surface area contributed by atoms with E-state index in [-0.39, 0.29) is 5.69 Å². The van der Waals surface area contributed by atoms with E-state index in [9.17, 15) is 10.1 Å². The van der Waals surface area contributed by atoms with E-state index in [4.69, 9.17) is 16.0 Å². The molecule has 0 aliphatic rings. The zero-order valence-electron chi connectivity index (χ0n) is 12.6. The molecule has 6 nitrogen and oxygen atoms in total. The number of anilines is 1. The number of benzene rings is 2. The van der Waals surface area contributed by atoms with Crippen molar-refractivity contribution in [3.63, 3.8) is 0 Å². The van der Waals surface area contributed by atoms with Crippen molar-refractivity contribution in [2.75, 3.05) is 5.43 Å². The fraction of sp³-hybridized carbons (Fsp3) is 0. The van der Waals surface area contributed by atoms with Gasteiger partial charge in [-0.1, -0.05) is 11.6 Å². The summed E-state index contributed by atoms with van der Waals surface area (Å²) in [6, 6.07) is 15.4. The molecule has 0 bridgehead atoms. The van der Waals surface area contributed by atoms with Crippen LogP contribution >= 0.6 is 34.2 Å². The van der Waals surface area contributed by atoms with Crippen LogP contribution in [0.15, 0.2) is 64.1 Å². The molecule has 0 unspecified atom stereocenters. The minimum atomic E-state index is -0.476. The predicted octanol–water partition coefficient (Wildman–Crippen LogP) is 5.56. The van der Waals surface area contributed by atoms with E-state index in [2.05, 4.69) is 33.1 Å². The number of hydrogen-bond acceptors (Lipinski definition) is 5. The van der Waals surface area contributed by atoms with Crippen LogP contribution in [0.25, 0.3) is 11.3 Å². The highest BCUT2D eigenvalue weighted by molar-refractivity contribution is 14.1. The highest BCUT2D eigenvalue weighted by Crippen LogP contribution is 2.32. The molecule has 25 heavy (non-hydrogen) atoms. The Morgan fingerprint density at radius 1 is 1.16 bits per heavy atom. The summed E-state index contributed by atoms with van der Waals surface area (Å²) in [5.74, 6) is 0.931. The smallest absolute Gasteiger partial charge is 0.270 e. The summed E-state index contributed by atoms with van der Waals surface area (Å²) in [6.07, 6.45) is 1.52. The molecule has 0 aliphatic carbocycles. The van der Waals surface area contributed by atoms with Crippen molar-refractivity contribution in [1.82, 2.24) is 0 Å². The third kappa shape index (κ3) is 4.37. The number of rotatable bonds is 5. The van der Waals surface area contributed by atoms with Crippen LogP contribution in [0.1, 0.15) is 5.76 Å². The fourth-order valence-corrected chi connectivity index (χ4v) is 2.65. The first-order valence-corrected chi connectivity index (χ1v) is 8.57. The van der Waals surface area contributed by atoms with Crippen molar-refractivity contribution in [2.45, 2.75) is 0 Å². The van der Waals surface area contributed by atoms with Gasteiger partial charge in [-0.2, -0.15) is 5.10 Å². The maximum absolute atomic E-state index is 10.9. The van der Waals surface area contributed by atoms with Gasteiger partial charge in [-0.15, -0.1) is 0 Å². The standard InChI is InChI=1S/C17H11ClIN3O3/c18-16-7-5-13(22(23)24)9-15(16)17-8-6-14(25-17)10-20-21-12-3-1-11(19)2-4-12/h1-10,21H/b20-10-. The average Bonchev–Trinajstić information content (AvgIpc) is 3.05. The fourth-order valence-electron chi connectivity index (χ4n) is 2.08. The highest BCUT2D eigenvalue weighted by Gasteiger charge is 2.14. The summed E-state index contributed by atoms with van der Waals surface area (Å²) in [4.78, 5) is 10.4. The topological polar surface area (TPSA) is 80.7 Å². The van der Waals surface area contributed by atoms with Crippen LogP contribution in [-0.4, -0.2) is 11.1 Å². The summed E-state index contributed by atoms with van der Waals surface area (Å²) in [6.45, 7) is 0. The van der Waals surface area contributed by atoms with Crippen LogP contribution < -0.4 is 5.43 Å². The molecule has 8 heteroatoms. The molecule has 126 valence electrons. The summed E-state index contributed by atoms with van der Waals surface area (Å²) >= 11 is 8.34. The molecule has 1 aromatic heterocycles. The molecule has 0 fully saturated rings. The van der Waals surface area contributed by atoms with Gasteiger partial charge in [0.15, 0.2) is 0 Å². The van der Waals surface area contributed by atoms with Gasteiger partial charge >= 0.3 is 0 Å². The van der Waals surface area contributed by atoms with Crippen LogP contribution in [0.2, 0.25) is 5.02 Å². The molecule has 0 saturated heterocycles. The van der Waals surface area contributed by atoms with Gasteiger partial charge in [-0.25, -0.2) is 0 Å². The van der Waals surface area contributed by atoms with Gasteiger partial charge in [-0.05, 0) is 65.1 Å². The van der Waals surface area contributed by atoms with E-state index in [0.717, 1.165) is 9.26 Å². The third-order valence-electron chi connectivity index (χ3n) is 3.28. The SMILES string of the molecule is O=[N+]([O-])c1ccc(Cl)c(-c2ccc(/C=N\Nc3ccc(I)cc3)o2)c1. The minimum absolute atomic E-state index is 0.0496. The summed E-state index contributed by atoms with van der Waals surface area (Å²) in [5.41, 5.74) is 4.16. The van der Waals surface area contributed by atoms with Crippen LogP contribution in [0.5, 0.6) is 0 Å². The molecule has 1 N–H and O–H groups in total. The monoisotopic (exact) mass is 467 g/mol.